The number of nitrogens with one attached hydrogen (secondary N) is 1. The number of hydrogen-bond acceptors (Lipinski definition) is 7. The molecule has 0 aliphatic carbocycles. The minimum absolute atomic E-state index is 0.0447. The van der Waals surface area contributed by atoms with Crippen LogP contribution in [0.3, 0.4) is 0 Å². The lowest BCUT2D eigenvalue weighted by atomic mass is 9.82. The molecule has 8 nitrogen and oxygen atoms in total. The molecule has 1 fully saturated rings. The lowest BCUT2D eigenvalue weighted by molar-refractivity contribution is -0.0657. The van der Waals surface area contributed by atoms with Crippen LogP contribution in [0.1, 0.15) is 29.7 Å². The van der Waals surface area contributed by atoms with Gasteiger partial charge >= 0.3 is 0 Å². The third kappa shape index (κ3) is 6.10. The number of anilines is 2. The zero-order valence-electron chi connectivity index (χ0n) is 25.1. The van der Waals surface area contributed by atoms with Gasteiger partial charge in [-0.15, -0.1) is 0 Å². The Morgan fingerprint density at radius 1 is 1.04 bits per heavy atom. The zero-order chi connectivity index (χ0) is 32.4. The quantitative estimate of drug-likeness (QED) is 0.172. The van der Waals surface area contributed by atoms with Gasteiger partial charge in [0, 0.05) is 49.1 Å². The van der Waals surface area contributed by atoms with Gasteiger partial charge in [-0.1, -0.05) is 36.4 Å². The van der Waals surface area contributed by atoms with Crippen molar-refractivity contribution in [3.8, 4) is 16.9 Å². The maximum absolute atomic E-state index is 15.2. The van der Waals surface area contributed by atoms with E-state index in [1.54, 1.807) is 28.8 Å². The SMILES string of the molecule is COc1cc(F)c(-c2ccc(N3CCC[C@](NCc4ccccc4)([C@H](O)C(F)F)C3)c(Cc3ccc4c(N)ncnn34)c2)cc1F. The van der Waals surface area contributed by atoms with Gasteiger partial charge in [0.25, 0.3) is 6.43 Å². The fraction of sp³-hybridized carbons (Fsp3) is 0.294. The van der Waals surface area contributed by atoms with Crippen molar-refractivity contribution in [3.05, 3.63) is 108 Å². The van der Waals surface area contributed by atoms with Gasteiger partial charge in [-0.25, -0.2) is 27.1 Å². The van der Waals surface area contributed by atoms with E-state index in [1.165, 1.54) is 13.4 Å². The molecule has 6 rings (SSSR count). The molecule has 1 saturated heterocycles. The molecule has 0 spiro atoms. The number of rotatable bonds is 10. The molecule has 3 aromatic carbocycles. The molecular weight excluding hydrogens is 600 g/mol. The third-order valence-corrected chi connectivity index (χ3v) is 8.72. The normalized spacial score (nSPS) is 17.5. The van der Waals surface area contributed by atoms with Crippen molar-refractivity contribution in [2.45, 2.75) is 43.9 Å². The maximum atomic E-state index is 15.2. The van der Waals surface area contributed by atoms with Crippen molar-refractivity contribution >= 4 is 17.0 Å². The molecule has 2 aromatic heterocycles. The second-order valence-corrected chi connectivity index (χ2v) is 11.6. The number of nitrogen functional groups attached to an aromatic ring is 1. The first-order valence-electron chi connectivity index (χ1n) is 14.9. The molecule has 3 heterocycles. The molecule has 5 aromatic rings. The first kappa shape index (κ1) is 31.3. The lowest BCUT2D eigenvalue weighted by Gasteiger charge is -2.47. The Morgan fingerprint density at radius 3 is 2.61 bits per heavy atom. The molecule has 12 heteroatoms. The van der Waals surface area contributed by atoms with Gasteiger partial charge in [-0.3, -0.25) is 0 Å². The van der Waals surface area contributed by atoms with E-state index in [1.807, 2.05) is 41.3 Å². The van der Waals surface area contributed by atoms with Gasteiger partial charge in [0.1, 0.15) is 23.8 Å². The fourth-order valence-corrected chi connectivity index (χ4v) is 6.34. The van der Waals surface area contributed by atoms with Crippen molar-refractivity contribution < 1.29 is 27.4 Å². The van der Waals surface area contributed by atoms with Crippen LogP contribution in [0.5, 0.6) is 5.75 Å². The molecule has 240 valence electrons. The minimum atomic E-state index is -2.96. The maximum Gasteiger partial charge on any atom is 0.265 e. The van der Waals surface area contributed by atoms with E-state index in [-0.39, 0.29) is 17.9 Å². The number of nitrogens with two attached hydrogens (primary N) is 1. The van der Waals surface area contributed by atoms with Gasteiger partial charge in [-0.2, -0.15) is 5.10 Å². The predicted octanol–water partition coefficient (Wildman–Crippen LogP) is 5.61. The molecule has 0 saturated carbocycles. The summed E-state index contributed by atoms with van der Waals surface area (Å²) in [5.41, 5.74) is 8.91. The average Bonchev–Trinajstić information content (AvgIpc) is 3.48. The number of fused-ring (bicyclic) bond motifs is 1. The predicted molar refractivity (Wildman–Crippen MR) is 168 cm³/mol. The second-order valence-electron chi connectivity index (χ2n) is 11.6. The Kier molecular flexibility index (Phi) is 8.83. The number of nitrogens with zero attached hydrogens (tertiary/aromatic N) is 4. The van der Waals surface area contributed by atoms with Gasteiger partial charge < -0.3 is 25.8 Å². The number of aromatic nitrogens is 3. The summed E-state index contributed by atoms with van der Waals surface area (Å²) < 4.78 is 64.9. The largest absolute Gasteiger partial charge is 0.494 e. The van der Waals surface area contributed by atoms with Gasteiger partial charge in [0.05, 0.1) is 12.6 Å². The highest BCUT2D eigenvalue weighted by Crippen LogP contribution is 2.37. The molecule has 0 radical (unpaired) electrons. The van der Waals surface area contributed by atoms with Crippen LogP contribution in [0, 0.1) is 11.6 Å². The summed E-state index contributed by atoms with van der Waals surface area (Å²) in [6.07, 6.45) is -2.37. The zero-order valence-corrected chi connectivity index (χ0v) is 25.1. The van der Waals surface area contributed by atoms with Crippen LogP contribution in [-0.4, -0.2) is 58.0 Å². The highest BCUT2D eigenvalue weighted by atomic mass is 19.3. The molecule has 4 N–H and O–H groups in total. The fourth-order valence-electron chi connectivity index (χ4n) is 6.34. The Hall–Kier alpha value is -4.68. The number of ether oxygens (including phenoxy) is 1. The second kappa shape index (κ2) is 13.0. The summed E-state index contributed by atoms with van der Waals surface area (Å²) in [5.74, 6) is -1.27. The molecule has 0 amide bonds. The van der Waals surface area contributed by atoms with Crippen LogP contribution in [0.15, 0.2) is 79.1 Å². The van der Waals surface area contributed by atoms with Crippen LogP contribution in [-0.2, 0) is 13.0 Å². The highest BCUT2D eigenvalue weighted by molar-refractivity contribution is 5.71. The summed E-state index contributed by atoms with van der Waals surface area (Å²) in [5, 5.41) is 18.5. The van der Waals surface area contributed by atoms with E-state index in [0.717, 1.165) is 29.0 Å². The van der Waals surface area contributed by atoms with Gasteiger partial charge in [0.15, 0.2) is 17.4 Å². The summed E-state index contributed by atoms with van der Waals surface area (Å²) >= 11 is 0. The number of hydrogen-bond donors (Lipinski definition) is 3. The Bertz CT molecular complexity index is 1840. The standard InChI is InChI=1S/C34H34F4N6O2/c1-46-30-17-26(35)25(16-27(30)36)22-8-10-28(23(14-22)15-24-9-11-29-33(39)40-20-42-44(24)29)43-13-5-12-34(19-43,31(45)32(37)38)41-18-21-6-3-2-4-7-21/h2-4,6-11,14,16-17,20,31-32,41,45H,5,12-13,15,18-19H2,1H3,(H2,39,40,42)/t31-,34-/m1/s1. The summed E-state index contributed by atoms with van der Waals surface area (Å²) in [6, 6.07) is 20.4. The van der Waals surface area contributed by atoms with Crippen molar-refractivity contribution in [1.29, 1.82) is 0 Å². The van der Waals surface area contributed by atoms with E-state index < -0.39 is 29.7 Å². The summed E-state index contributed by atoms with van der Waals surface area (Å²) in [7, 11) is 1.26. The van der Waals surface area contributed by atoms with E-state index in [9.17, 15) is 18.3 Å². The van der Waals surface area contributed by atoms with Crippen LogP contribution < -0.4 is 20.7 Å². The number of aliphatic hydroxyl groups excluding tert-OH is 1. The third-order valence-electron chi connectivity index (χ3n) is 8.72. The molecule has 46 heavy (non-hydrogen) atoms. The molecule has 0 bridgehead atoms. The first-order valence-corrected chi connectivity index (χ1v) is 14.9. The topological polar surface area (TPSA) is 101 Å². The van der Waals surface area contributed by atoms with E-state index in [2.05, 4.69) is 15.4 Å². The van der Waals surface area contributed by atoms with E-state index in [4.69, 9.17) is 10.5 Å². The molecule has 0 unspecified atom stereocenters. The van der Waals surface area contributed by atoms with E-state index in [0.29, 0.717) is 54.9 Å². The highest BCUT2D eigenvalue weighted by Gasteiger charge is 2.46. The monoisotopic (exact) mass is 634 g/mol. The first-order chi connectivity index (χ1) is 22.2. The summed E-state index contributed by atoms with van der Waals surface area (Å²) in [4.78, 5) is 6.02. The minimum Gasteiger partial charge on any atom is -0.494 e. The van der Waals surface area contributed by atoms with Crippen molar-refractivity contribution in [2.24, 2.45) is 0 Å². The van der Waals surface area contributed by atoms with Crippen LogP contribution in [0.25, 0.3) is 16.6 Å². The van der Waals surface area contributed by atoms with Gasteiger partial charge in [-0.05, 0) is 59.9 Å². The van der Waals surface area contributed by atoms with Crippen molar-refractivity contribution in [3.63, 3.8) is 0 Å². The Morgan fingerprint density at radius 2 is 1.85 bits per heavy atom. The molecular formula is C34H34F4N6O2. The number of aliphatic hydroxyl groups is 1. The number of piperidine rings is 1. The summed E-state index contributed by atoms with van der Waals surface area (Å²) in [6.45, 7) is 0.920. The van der Waals surface area contributed by atoms with Crippen LogP contribution in [0.2, 0.25) is 0 Å². The number of methoxy groups -OCH3 is 1. The molecule has 1 aliphatic rings. The molecule has 1 aliphatic heterocycles. The lowest BCUT2D eigenvalue weighted by Crippen LogP contribution is -2.65. The van der Waals surface area contributed by atoms with E-state index >= 15 is 4.39 Å². The molecule has 2 atom stereocenters. The van der Waals surface area contributed by atoms with Crippen molar-refractivity contribution in [1.82, 2.24) is 19.9 Å². The Labute approximate surface area is 263 Å². The number of alkyl halides is 2. The Balaban J connectivity index is 1.41. The smallest absolute Gasteiger partial charge is 0.265 e. The van der Waals surface area contributed by atoms with Crippen LogP contribution in [0.4, 0.5) is 29.1 Å². The van der Waals surface area contributed by atoms with Crippen LogP contribution >= 0.6 is 0 Å². The number of benzene rings is 3. The van der Waals surface area contributed by atoms with Crippen molar-refractivity contribution in [2.75, 3.05) is 30.8 Å². The van der Waals surface area contributed by atoms with Gasteiger partial charge in [0.2, 0.25) is 0 Å². The number of halogens is 4. The average molecular weight is 635 g/mol.